The highest BCUT2D eigenvalue weighted by molar-refractivity contribution is 6.16. The molecule has 5 heteroatoms. The van der Waals surface area contributed by atoms with Gasteiger partial charge in [-0.1, -0.05) is 30.3 Å². The molecule has 86 valence electrons. The number of likely N-dealkylation sites (N-methyl/N-ethyl adjacent to an activating group) is 1. The second kappa shape index (κ2) is 4.21. The van der Waals surface area contributed by atoms with Crippen LogP contribution in [0.4, 0.5) is 4.79 Å². The molecule has 0 atom stereocenters. The first-order chi connectivity index (χ1) is 8.09. The van der Waals surface area contributed by atoms with Gasteiger partial charge in [0.05, 0.1) is 0 Å². The highest BCUT2D eigenvalue weighted by atomic mass is 16.2. The number of hydrogen-bond donors (Lipinski definition) is 1. The van der Waals surface area contributed by atoms with Crippen molar-refractivity contribution in [3.05, 3.63) is 47.7 Å². The Morgan fingerprint density at radius 2 is 1.88 bits per heavy atom. The molecule has 0 aliphatic carbocycles. The van der Waals surface area contributed by atoms with Crippen molar-refractivity contribution in [2.45, 2.75) is 0 Å². The monoisotopic (exact) mass is 230 g/mol. The molecule has 0 spiro atoms. The third kappa shape index (κ3) is 2.08. The maximum atomic E-state index is 11.8. The van der Waals surface area contributed by atoms with E-state index in [9.17, 15) is 14.4 Å². The predicted molar refractivity (Wildman–Crippen MR) is 60.2 cm³/mol. The van der Waals surface area contributed by atoms with Crippen molar-refractivity contribution in [2.75, 3.05) is 7.05 Å². The fourth-order valence-electron chi connectivity index (χ4n) is 1.48. The van der Waals surface area contributed by atoms with E-state index < -0.39 is 11.9 Å². The van der Waals surface area contributed by atoms with Crippen LogP contribution >= 0.6 is 0 Å². The van der Waals surface area contributed by atoms with Gasteiger partial charge in [-0.15, -0.1) is 0 Å². The van der Waals surface area contributed by atoms with Crippen LogP contribution < -0.4 is 5.32 Å². The van der Waals surface area contributed by atoms with Gasteiger partial charge in [-0.05, 0) is 0 Å². The highest BCUT2D eigenvalue weighted by Gasteiger charge is 2.30. The van der Waals surface area contributed by atoms with Crippen molar-refractivity contribution >= 4 is 17.7 Å². The minimum absolute atomic E-state index is 0.0591. The average molecular weight is 230 g/mol. The first kappa shape index (κ1) is 11.1. The van der Waals surface area contributed by atoms with E-state index in [1.165, 1.54) is 7.05 Å². The van der Waals surface area contributed by atoms with Crippen LogP contribution in [0.2, 0.25) is 0 Å². The van der Waals surface area contributed by atoms with Gasteiger partial charge in [-0.2, -0.15) is 0 Å². The molecule has 5 nitrogen and oxygen atoms in total. The number of hydrogen-bond acceptors (Lipinski definition) is 3. The smallest absolute Gasteiger partial charge is 0.292 e. The molecule has 0 radical (unpaired) electrons. The molecular formula is C12H10N2O3. The van der Waals surface area contributed by atoms with Crippen molar-refractivity contribution in [3.8, 4) is 0 Å². The van der Waals surface area contributed by atoms with Crippen LogP contribution in [0, 0.1) is 0 Å². The molecule has 1 aliphatic rings. The second-order valence-electron chi connectivity index (χ2n) is 3.58. The standard InChI is InChI=1S/C12H10N2O3/c1-14-9(11(16)13-12(14)17)7-10(15)8-5-3-2-4-6-8/h2-7H,1H3,(H,13,16,17). The van der Waals surface area contributed by atoms with Crippen LogP contribution in [0.3, 0.4) is 0 Å². The zero-order valence-corrected chi connectivity index (χ0v) is 9.14. The van der Waals surface area contributed by atoms with Gasteiger partial charge < -0.3 is 0 Å². The molecule has 1 aromatic rings. The molecule has 1 saturated heterocycles. The fraction of sp³-hybridized carbons (Fsp3) is 0.0833. The molecule has 1 aromatic carbocycles. The molecule has 1 fully saturated rings. The summed E-state index contributed by atoms with van der Waals surface area (Å²) < 4.78 is 0. The molecule has 1 N–H and O–H groups in total. The third-order valence-corrected chi connectivity index (χ3v) is 2.45. The summed E-state index contributed by atoms with van der Waals surface area (Å²) >= 11 is 0. The Balaban J connectivity index is 2.29. The van der Waals surface area contributed by atoms with Crippen LogP contribution in [0.25, 0.3) is 0 Å². The van der Waals surface area contributed by atoms with Crippen LogP contribution in [-0.4, -0.2) is 29.7 Å². The summed E-state index contributed by atoms with van der Waals surface area (Å²) in [6.45, 7) is 0. The molecule has 0 unspecified atom stereocenters. The number of ketones is 1. The van der Waals surface area contributed by atoms with Crippen molar-refractivity contribution in [1.29, 1.82) is 0 Å². The molecule has 17 heavy (non-hydrogen) atoms. The first-order valence-electron chi connectivity index (χ1n) is 4.99. The second-order valence-corrected chi connectivity index (χ2v) is 3.58. The van der Waals surface area contributed by atoms with Crippen molar-refractivity contribution in [3.63, 3.8) is 0 Å². The average Bonchev–Trinajstić information content (AvgIpc) is 2.57. The summed E-state index contributed by atoms with van der Waals surface area (Å²) in [5.41, 5.74) is 0.532. The lowest BCUT2D eigenvalue weighted by Crippen LogP contribution is -2.24. The van der Waals surface area contributed by atoms with E-state index in [-0.39, 0.29) is 11.5 Å². The van der Waals surface area contributed by atoms with Gasteiger partial charge in [0.1, 0.15) is 5.70 Å². The lowest BCUT2D eigenvalue weighted by atomic mass is 10.1. The predicted octanol–water partition coefficient (Wildman–Crippen LogP) is 0.935. The SMILES string of the molecule is CN1C(=O)NC(=O)C1=CC(=O)c1ccccc1. The summed E-state index contributed by atoms with van der Waals surface area (Å²) in [5.74, 6) is -0.862. The zero-order valence-electron chi connectivity index (χ0n) is 9.14. The lowest BCUT2D eigenvalue weighted by Gasteiger charge is -2.05. The number of benzene rings is 1. The number of nitrogens with one attached hydrogen (secondary N) is 1. The third-order valence-electron chi connectivity index (χ3n) is 2.45. The maximum Gasteiger partial charge on any atom is 0.328 e. The minimum Gasteiger partial charge on any atom is -0.292 e. The lowest BCUT2D eigenvalue weighted by molar-refractivity contribution is -0.116. The Morgan fingerprint density at radius 3 is 2.41 bits per heavy atom. The van der Waals surface area contributed by atoms with E-state index in [0.29, 0.717) is 5.56 Å². The molecule has 1 aliphatic heterocycles. The summed E-state index contributed by atoms with van der Waals surface area (Å²) in [6, 6.07) is 8.02. The number of urea groups is 1. The number of imide groups is 1. The molecule has 0 aromatic heterocycles. The quantitative estimate of drug-likeness (QED) is 0.467. The molecule has 3 amide bonds. The number of allylic oxidation sites excluding steroid dienone is 1. The van der Waals surface area contributed by atoms with Crippen LogP contribution in [-0.2, 0) is 4.79 Å². The topological polar surface area (TPSA) is 66.5 Å². The van der Waals surface area contributed by atoms with Gasteiger partial charge in [0, 0.05) is 18.7 Å². The van der Waals surface area contributed by atoms with E-state index in [4.69, 9.17) is 0 Å². The number of rotatable bonds is 2. The van der Waals surface area contributed by atoms with Crippen LogP contribution in [0.15, 0.2) is 42.1 Å². The van der Waals surface area contributed by atoms with Gasteiger partial charge in [-0.25, -0.2) is 4.79 Å². The van der Waals surface area contributed by atoms with Crippen molar-refractivity contribution < 1.29 is 14.4 Å². The largest absolute Gasteiger partial charge is 0.328 e. The normalized spacial score (nSPS) is 17.5. The summed E-state index contributed by atoms with van der Waals surface area (Å²) in [7, 11) is 1.43. The van der Waals surface area contributed by atoms with Crippen LogP contribution in [0.1, 0.15) is 10.4 Å². The van der Waals surface area contributed by atoms with E-state index in [1.807, 2.05) is 0 Å². The Labute approximate surface area is 97.7 Å². The van der Waals surface area contributed by atoms with Gasteiger partial charge in [0.25, 0.3) is 5.91 Å². The molecule has 1 heterocycles. The molecule has 0 bridgehead atoms. The van der Waals surface area contributed by atoms with Gasteiger partial charge in [0.15, 0.2) is 5.78 Å². The Hall–Kier alpha value is -2.43. The van der Waals surface area contributed by atoms with Crippen molar-refractivity contribution in [2.24, 2.45) is 0 Å². The zero-order chi connectivity index (χ0) is 12.4. The molecular weight excluding hydrogens is 220 g/mol. The maximum absolute atomic E-state index is 11.8. The number of carbonyl (C=O) groups is 3. The van der Waals surface area contributed by atoms with Gasteiger partial charge >= 0.3 is 6.03 Å². The number of nitrogens with zero attached hydrogens (tertiary/aromatic N) is 1. The first-order valence-corrected chi connectivity index (χ1v) is 4.99. The van der Waals surface area contributed by atoms with Crippen molar-refractivity contribution in [1.82, 2.24) is 10.2 Å². The van der Waals surface area contributed by atoms with Gasteiger partial charge in [0.2, 0.25) is 0 Å². The Kier molecular flexibility index (Phi) is 2.74. The summed E-state index contributed by atoms with van der Waals surface area (Å²) in [5, 5.41) is 2.10. The van der Waals surface area contributed by atoms with E-state index in [2.05, 4.69) is 5.32 Å². The highest BCUT2D eigenvalue weighted by Crippen LogP contribution is 2.11. The van der Waals surface area contributed by atoms with E-state index in [0.717, 1.165) is 11.0 Å². The van der Waals surface area contributed by atoms with Gasteiger partial charge in [-0.3, -0.25) is 19.8 Å². The summed E-state index contributed by atoms with van der Waals surface area (Å²) in [6.07, 6.45) is 1.16. The molecule has 0 saturated carbocycles. The van der Waals surface area contributed by atoms with E-state index in [1.54, 1.807) is 30.3 Å². The fourth-order valence-corrected chi connectivity index (χ4v) is 1.48. The molecule has 2 rings (SSSR count). The minimum atomic E-state index is -0.554. The van der Waals surface area contributed by atoms with Crippen LogP contribution in [0.5, 0.6) is 0 Å². The number of amides is 3. The summed E-state index contributed by atoms with van der Waals surface area (Å²) in [4.78, 5) is 35.4. The van der Waals surface area contributed by atoms with E-state index >= 15 is 0 Å². The Morgan fingerprint density at radius 1 is 1.24 bits per heavy atom. The number of carbonyl (C=O) groups excluding carboxylic acids is 3. The Bertz CT molecular complexity index is 520.